The monoisotopic (exact) mass is 492 g/mol. The maximum atomic E-state index is 11.0. The van der Waals surface area contributed by atoms with Crippen molar-refractivity contribution in [1.29, 1.82) is 0 Å². The molecule has 1 atom stereocenters. The fraction of sp³-hybridized carbons (Fsp3) is 0.400. The van der Waals surface area contributed by atoms with Crippen LogP contribution < -0.4 is 0 Å². The topological polar surface area (TPSA) is 238 Å². The van der Waals surface area contributed by atoms with Crippen molar-refractivity contribution in [2.24, 2.45) is 0 Å². The van der Waals surface area contributed by atoms with Gasteiger partial charge in [0.2, 0.25) is 0 Å². The van der Waals surface area contributed by atoms with E-state index in [4.69, 9.17) is 34.3 Å². The van der Waals surface area contributed by atoms with E-state index in [9.17, 15) is 18.3 Å². The van der Waals surface area contributed by atoms with Gasteiger partial charge in [-0.2, -0.15) is 8.62 Å². The minimum Gasteiger partial charge on any atom is -0.302 e. The van der Waals surface area contributed by atoms with E-state index < -0.39 is 36.9 Å². The molecule has 18 heteroatoms. The van der Waals surface area contributed by atoms with Crippen LogP contribution in [0, 0.1) is 0 Å². The standard InChI is InChI=1S/C5H12O7P2.C5H8.H4O7P2/c1-4-5(2,3)11-14(9,10)12-13(6,7)8;1-4-5(2)3;1-8(2,3)7-9(4,5)6/h4H,1H2,2-3H3,(H,9,10)(H2,6,7,8);4H,1-2H2,3H3;(H2,1,2,3)(H2,4,5,6). The molecule has 0 saturated carbocycles. The molecule has 0 aromatic heterocycles. The molecule has 14 nitrogen and oxygen atoms in total. The van der Waals surface area contributed by atoms with E-state index in [0.717, 1.165) is 5.57 Å². The molecule has 0 radical (unpaired) electrons. The van der Waals surface area contributed by atoms with Crippen LogP contribution in [0.3, 0.4) is 0 Å². The van der Waals surface area contributed by atoms with Gasteiger partial charge < -0.3 is 34.3 Å². The predicted molar refractivity (Wildman–Crippen MR) is 98.5 cm³/mol. The highest BCUT2D eigenvalue weighted by atomic mass is 31.3. The highest BCUT2D eigenvalue weighted by Gasteiger charge is 2.36. The second-order valence-corrected chi connectivity index (χ2v) is 10.4. The van der Waals surface area contributed by atoms with Gasteiger partial charge in [-0.3, -0.25) is 4.52 Å². The van der Waals surface area contributed by atoms with Crippen molar-refractivity contribution < 1.29 is 65.7 Å². The molecule has 168 valence electrons. The van der Waals surface area contributed by atoms with Gasteiger partial charge in [-0.1, -0.05) is 30.9 Å². The Balaban J connectivity index is -0.000000381. The maximum absolute atomic E-state index is 11.0. The van der Waals surface area contributed by atoms with Gasteiger partial charge in [-0.25, -0.2) is 18.3 Å². The number of rotatable bonds is 8. The summed E-state index contributed by atoms with van der Waals surface area (Å²) < 4.78 is 51.4. The first kappa shape index (κ1) is 32.4. The zero-order valence-corrected chi connectivity index (χ0v) is 18.6. The number of allylic oxidation sites excluding steroid dienone is 2. The summed E-state index contributed by atoms with van der Waals surface area (Å²) in [4.78, 5) is 56.4. The fourth-order valence-corrected chi connectivity index (χ4v) is 3.61. The number of hydrogen-bond donors (Lipinski definition) is 7. The summed E-state index contributed by atoms with van der Waals surface area (Å²) in [6.07, 6.45) is 2.92. The molecule has 0 aromatic rings. The smallest absolute Gasteiger partial charge is 0.302 e. The predicted octanol–water partition coefficient (Wildman–Crippen LogP) is 2.11. The molecule has 28 heavy (non-hydrogen) atoms. The molecule has 0 aliphatic rings. The van der Waals surface area contributed by atoms with Gasteiger partial charge in [0.25, 0.3) is 0 Å². The summed E-state index contributed by atoms with van der Waals surface area (Å²) in [5.41, 5.74) is -0.204. The van der Waals surface area contributed by atoms with Crippen molar-refractivity contribution in [1.82, 2.24) is 0 Å². The van der Waals surface area contributed by atoms with E-state index in [1.807, 2.05) is 6.92 Å². The largest absolute Gasteiger partial charge is 0.481 e. The van der Waals surface area contributed by atoms with E-state index in [1.165, 1.54) is 19.9 Å². The Labute approximate surface area is 161 Å². The van der Waals surface area contributed by atoms with Crippen LogP contribution >= 0.6 is 31.3 Å². The Bertz CT molecular complexity index is 690. The molecule has 0 saturated heterocycles. The van der Waals surface area contributed by atoms with Gasteiger partial charge in [-0.15, -0.1) is 6.58 Å². The lowest BCUT2D eigenvalue weighted by molar-refractivity contribution is 0.1000. The van der Waals surface area contributed by atoms with Gasteiger partial charge in [0.05, 0.1) is 5.60 Å². The second-order valence-electron chi connectivity index (χ2n) is 5.05. The molecule has 0 fully saturated rings. The van der Waals surface area contributed by atoms with Crippen molar-refractivity contribution in [3.63, 3.8) is 0 Å². The summed E-state index contributed by atoms with van der Waals surface area (Å²) in [5, 5.41) is 0. The lowest BCUT2D eigenvalue weighted by Crippen LogP contribution is -2.19. The van der Waals surface area contributed by atoms with Gasteiger partial charge >= 0.3 is 31.3 Å². The zero-order valence-electron chi connectivity index (χ0n) is 15.1. The highest BCUT2D eigenvalue weighted by Crippen LogP contribution is 2.59. The van der Waals surface area contributed by atoms with Crippen molar-refractivity contribution in [2.75, 3.05) is 0 Å². The van der Waals surface area contributed by atoms with E-state index in [0.29, 0.717) is 0 Å². The second kappa shape index (κ2) is 12.4. The molecule has 0 aromatic carbocycles. The van der Waals surface area contributed by atoms with Gasteiger partial charge in [0, 0.05) is 0 Å². The maximum Gasteiger partial charge on any atom is 0.481 e. The lowest BCUT2D eigenvalue weighted by Gasteiger charge is -2.23. The quantitative estimate of drug-likeness (QED) is 0.146. The first-order chi connectivity index (χ1) is 12.0. The molecule has 0 spiro atoms. The minimum atomic E-state index is -5.06. The molecule has 0 aliphatic carbocycles. The molecule has 0 rings (SSSR count). The molecule has 0 heterocycles. The summed E-state index contributed by atoms with van der Waals surface area (Å²) in [7, 11) is -19.9. The molecule has 0 amide bonds. The number of phosphoric ester groups is 1. The van der Waals surface area contributed by atoms with E-state index in [2.05, 4.69) is 32.9 Å². The van der Waals surface area contributed by atoms with E-state index in [1.54, 1.807) is 6.08 Å². The summed E-state index contributed by atoms with van der Waals surface area (Å²) >= 11 is 0. The normalized spacial score (nSPS) is 14.4. The Morgan fingerprint density at radius 1 is 0.821 bits per heavy atom. The Morgan fingerprint density at radius 3 is 1.25 bits per heavy atom. The summed E-state index contributed by atoms with van der Waals surface area (Å²) in [5.74, 6) is 0. The highest BCUT2D eigenvalue weighted by molar-refractivity contribution is 7.61. The Kier molecular flexibility index (Phi) is 14.4. The van der Waals surface area contributed by atoms with Crippen molar-refractivity contribution >= 4 is 31.3 Å². The molecule has 1 unspecified atom stereocenters. The Morgan fingerprint density at radius 2 is 1.11 bits per heavy atom. The van der Waals surface area contributed by atoms with E-state index >= 15 is 0 Å². The van der Waals surface area contributed by atoms with Crippen molar-refractivity contribution in [2.45, 2.75) is 26.4 Å². The van der Waals surface area contributed by atoms with Crippen LogP contribution in [0.1, 0.15) is 20.8 Å². The fourth-order valence-electron chi connectivity index (χ4n) is 0.624. The third kappa shape index (κ3) is 30.5. The lowest BCUT2D eigenvalue weighted by atomic mass is 10.1. The number of hydrogen-bond acceptors (Lipinski definition) is 7. The van der Waals surface area contributed by atoms with E-state index in [-0.39, 0.29) is 0 Å². The van der Waals surface area contributed by atoms with Crippen LogP contribution in [0.2, 0.25) is 0 Å². The summed E-state index contributed by atoms with van der Waals surface area (Å²) in [6, 6.07) is 0. The molecule has 0 bridgehead atoms. The average molecular weight is 492 g/mol. The molecular weight excluding hydrogens is 468 g/mol. The third-order valence-electron chi connectivity index (χ3n) is 1.61. The number of phosphoric acid groups is 4. The zero-order chi connectivity index (χ0) is 23.6. The minimum absolute atomic E-state index is 1.02. The van der Waals surface area contributed by atoms with Crippen LogP contribution in [0.15, 0.2) is 37.5 Å². The van der Waals surface area contributed by atoms with Crippen LogP contribution in [-0.4, -0.2) is 39.9 Å². The third-order valence-corrected chi connectivity index (χ3v) is 5.69. The summed E-state index contributed by atoms with van der Waals surface area (Å²) in [6.45, 7) is 15.0. The first-order valence-corrected chi connectivity index (χ1v) is 12.6. The van der Waals surface area contributed by atoms with Crippen LogP contribution in [0.25, 0.3) is 0 Å². The SMILES string of the molecule is C=CC(=C)C.C=CC(C)(C)OP(=O)(O)OP(=O)(O)O.O=P(O)(O)OP(=O)(O)O. The molecule has 7 N–H and O–H groups in total. The molecular formula is C10H24O14P4. The van der Waals surface area contributed by atoms with Crippen LogP contribution in [0.4, 0.5) is 0 Å². The van der Waals surface area contributed by atoms with Crippen LogP contribution in [-0.2, 0) is 31.4 Å². The molecule has 0 aliphatic heterocycles. The van der Waals surface area contributed by atoms with Gasteiger partial charge in [0.1, 0.15) is 0 Å². The van der Waals surface area contributed by atoms with Crippen molar-refractivity contribution in [3.05, 3.63) is 37.5 Å². The first-order valence-electron chi connectivity index (χ1n) is 6.49. The van der Waals surface area contributed by atoms with Crippen LogP contribution in [0.5, 0.6) is 0 Å². The Hall–Kier alpha value is -0.260. The van der Waals surface area contributed by atoms with Crippen molar-refractivity contribution in [3.8, 4) is 0 Å². The van der Waals surface area contributed by atoms with Gasteiger partial charge in [-0.05, 0) is 20.8 Å². The van der Waals surface area contributed by atoms with Gasteiger partial charge in [0.15, 0.2) is 0 Å². The average Bonchev–Trinajstić information content (AvgIpc) is 2.31.